The van der Waals surface area contributed by atoms with E-state index >= 15 is 0 Å². The lowest BCUT2D eigenvalue weighted by Gasteiger charge is -2.10. The number of amides is 1. The zero-order valence-electron chi connectivity index (χ0n) is 15.5. The molecule has 7 nitrogen and oxygen atoms in total. The second kappa shape index (κ2) is 9.43. The van der Waals surface area contributed by atoms with Crippen molar-refractivity contribution in [1.82, 2.24) is 14.8 Å². The summed E-state index contributed by atoms with van der Waals surface area (Å²) in [6, 6.07) is 9.18. The molecule has 0 aliphatic heterocycles. The number of thiophene rings is 1. The number of thioether (sulfide) groups is 1. The molecule has 0 saturated heterocycles. The summed E-state index contributed by atoms with van der Waals surface area (Å²) in [6.07, 6.45) is 1.78. The summed E-state index contributed by atoms with van der Waals surface area (Å²) in [5.74, 6) is 2.02. The molecule has 3 rings (SSSR count). The lowest BCUT2D eigenvalue weighted by molar-refractivity contribution is -0.113. The SMILES string of the molecule is C=CCn1c(SCC(=O)Nc2cc(OC)cc(OC)c2)nnc1-c1cccs1. The Bertz CT molecular complexity index is 932. The first-order valence-corrected chi connectivity index (χ1v) is 10.2. The number of ether oxygens (including phenoxy) is 2. The Labute approximate surface area is 171 Å². The molecule has 1 amide bonds. The minimum atomic E-state index is -0.161. The maximum Gasteiger partial charge on any atom is 0.234 e. The molecule has 0 aliphatic rings. The van der Waals surface area contributed by atoms with Gasteiger partial charge in [-0.2, -0.15) is 0 Å². The smallest absolute Gasteiger partial charge is 0.234 e. The topological polar surface area (TPSA) is 78.3 Å². The fourth-order valence-electron chi connectivity index (χ4n) is 2.48. The van der Waals surface area contributed by atoms with E-state index in [0.717, 1.165) is 10.7 Å². The first-order chi connectivity index (χ1) is 13.6. The van der Waals surface area contributed by atoms with E-state index in [9.17, 15) is 4.79 Å². The lowest BCUT2D eigenvalue weighted by Crippen LogP contribution is -2.14. The van der Waals surface area contributed by atoms with Crippen LogP contribution in [0.5, 0.6) is 11.5 Å². The van der Waals surface area contributed by atoms with Crippen LogP contribution >= 0.6 is 23.1 Å². The van der Waals surface area contributed by atoms with Crippen molar-refractivity contribution < 1.29 is 14.3 Å². The van der Waals surface area contributed by atoms with Gasteiger partial charge in [-0.3, -0.25) is 9.36 Å². The van der Waals surface area contributed by atoms with E-state index in [4.69, 9.17) is 9.47 Å². The van der Waals surface area contributed by atoms with Crippen molar-refractivity contribution >= 4 is 34.7 Å². The van der Waals surface area contributed by atoms with Crippen LogP contribution in [0.3, 0.4) is 0 Å². The van der Waals surface area contributed by atoms with Crippen LogP contribution in [-0.4, -0.2) is 40.6 Å². The summed E-state index contributed by atoms with van der Waals surface area (Å²) in [6.45, 7) is 4.36. The molecule has 0 aliphatic carbocycles. The molecule has 0 atom stereocenters. The van der Waals surface area contributed by atoms with Gasteiger partial charge in [-0.15, -0.1) is 28.1 Å². The average Bonchev–Trinajstić information content (AvgIpc) is 3.36. The van der Waals surface area contributed by atoms with Gasteiger partial charge in [0.05, 0.1) is 24.8 Å². The monoisotopic (exact) mass is 416 g/mol. The van der Waals surface area contributed by atoms with Gasteiger partial charge in [0.2, 0.25) is 5.91 Å². The van der Waals surface area contributed by atoms with Crippen molar-refractivity contribution in [2.24, 2.45) is 0 Å². The Morgan fingerprint density at radius 3 is 2.64 bits per heavy atom. The van der Waals surface area contributed by atoms with Gasteiger partial charge < -0.3 is 14.8 Å². The third-order valence-electron chi connectivity index (χ3n) is 3.74. The summed E-state index contributed by atoms with van der Waals surface area (Å²) in [4.78, 5) is 13.4. The molecule has 0 saturated carbocycles. The van der Waals surface area contributed by atoms with Gasteiger partial charge in [0.1, 0.15) is 11.5 Å². The number of methoxy groups -OCH3 is 2. The largest absolute Gasteiger partial charge is 0.497 e. The maximum absolute atomic E-state index is 12.4. The minimum absolute atomic E-state index is 0.161. The van der Waals surface area contributed by atoms with E-state index in [1.807, 2.05) is 22.1 Å². The Morgan fingerprint density at radius 1 is 1.29 bits per heavy atom. The minimum Gasteiger partial charge on any atom is -0.497 e. The quantitative estimate of drug-likeness (QED) is 0.420. The normalized spacial score (nSPS) is 10.5. The van der Waals surface area contributed by atoms with Gasteiger partial charge in [-0.25, -0.2) is 0 Å². The van der Waals surface area contributed by atoms with Gasteiger partial charge in [-0.05, 0) is 11.4 Å². The van der Waals surface area contributed by atoms with Crippen LogP contribution in [0.2, 0.25) is 0 Å². The number of aromatic nitrogens is 3. The van der Waals surface area contributed by atoms with Crippen molar-refractivity contribution in [2.45, 2.75) is 11.7 Å². The Balaban J connectivity index is 1.69. The summed E-state index contributed by atoms with van der Waals surface area (Å²) in [5, 5.41) is 14.0. The number of nitrogens with one attached hydrogen (secondary N) is 1. The lowest BCUT2D eigenvalue weighted by atomic mass is 10.2. The number of rotatable bonds is 9. The number of hydrogen-bond donors (Lipinski definition) is 1. The van der Waals surface area contributed by atoms with Crippen molar-refractivity contribution in [3.05, 3.63) is 48.4 Å². The van der Waals surface area contributed by atoms with Gasteiger partial charge in [0.25, 0.3) is 0 Å². The van der Waals surface area contributed by atoms with E-state index < -0.39 is 0 Å². The highest BCUT2D eigenvalue weighted by Crippen LogP contribution is 2.28. The second-order valence-electron chi connectivity index (χ2n) is 5.62. The summed E-state index contributed by atoms with van der Waals surface area (Å²) in [7, 11) is 3.13. The Morgan fingerprint density at radius 2 is 2.04 bits per heavy atom. The average molecular weight is 417 g/mol. The summed E-state index contributed by atoms with van der Waals surface area (Å²) >= 11 is 2.92. The van der Waals surface area contributed by atoms with Crippen LogP contribution < -0.4 is 14.8 Å². The molecule has 0 unspecified atom stereocenters. The molecule has 9 heteroatoms. The predicted molar refractivity (Wildman–Crippen MR) is 112 cm³/mol. The van der Waals surface area contributed by atoms with Crippen LogP contribution in [0.4, 0.5) is 5.69 Å². The Kier molecular flexibility index (Phi) is 6.72. The second-order valence-corrected chi connectivity index (χ2v) is 7.51. The van der Waals surface area contributed by atoms with E-state index in [2.05, 4.69) is 22.1 Å². The van der Waals surface area contributed by atoms with Crippen LogP contribution in [0.25, 0.3) is 10.7 Å². The number of hydrogen-bond acceptors (Lipinski definition) is 7. The van der Waals surface area contributed by atoms with E-state index in [-0.39, 0.29) is 11.7 Å². The van der Waals surface area contributed by atoms with Crippen molar-refractivity contribution in [3.63, 3.8) is 0 Å². The van der Waals surface area contributed by atoms with Crippen LogP contribution in [0.1, 0.15) is 0 Å². The van der Waals surface area contributed by atoms with Crippen molar-refractivity contribution in [3.8, 4) is 22.2 Å². The fraction of sp³-hybridized carbons (Fsp3) is 0.211. The van der Waals surface area contributed by atoms with Crippen molar-refractivity contribution in [2.75, 3.05) is 25.3 Å². The summed E-state index contributed by atoms with van der Waals surface area (Å²) < 4.78 is 12.4. The van der Waals surface area contributed by atoms with Crippen molar-refractivity contribution in [1.29, 1.82) is 0 Å². The standard InChI is InChI=1S/C19H20N4O3S2/c1-4-7-23-18(16-6-5-8-27-16)21-22-19(23)28-12-17(24)20-13-9-14(25-2)11-15(10-13)26-3/h4-6,8-11H,1,7,12H2,2-3H3,(H,20,24). The number of carbonyl (C=O) groups excluding carboxylic acids is 1. The fourth-order valence-corrected chi connectivity index (χ4v) is 3.95. The van der Waals surface area contributed by atoms with E-state index in [0.29, 0.717) is 28.9 Å². The molecule has 1 aromatic carbocycles. The van der Waals surface area contributed by atoms with Crippen LogP contribution in [-0.2, 0) is 11.3 Å². The number of allylic oxidation sites excluding steroid dienone is 1. The first kappa shape index (κ1) is 20.0. The highest BCUT2D eigenvalue weighted by Gasteiger charge is 2.16. The zero-order valence-corrected chi connectivity index (χ0v) is 17.2. The van der Waals surface area contributed by atoms with Gasteiger partial charge >= 0.3 is 0 Å². The van der Waals surface area contributed by atoms with Gasteiger partial charge in [0.15, 0.2) is 11.0 Å². The highest BCUT2D eigenvalue weighted by molar-refractivity contribution is 7.99. The van der Waals surface area contributed by atoms with E-state index in [1.165, 1.54) is 11.8 Å². The zero-order chi connectivity index (χ0) is 19.9. The molecule has 146 valence electrons. The highest BCUT2D eigenvalue weighted by atomic mass is 32.2. The first-order valence-electron chi connectivity index (χ1n) is 8.38. The maximum atomic E-state index is 12.4. The molecule has 0 fully saturated rings. The molecular formula is C19H20N4O3S2. The van der Waals surface area contributed by atoms with E-state index in [1.54, 1.807) is 49.8 Å². The predicted octanol–water partition coefficient (Wildman–Crippen LogP) is 3.94. The molecule has 3 aromatic rings. The van der Waals surface area contributed by atoms with Gasteiger partial charge in [0, 0.05) is 30.4 Å². The third-order valence-corrected chi connectivity index (χ3v) is 5.57. The molecule has 2 aromatic heterocycles. The molecule has 0 spiro atoms. The number of nitrogens with zero attached hydrogens (tertiary/aromatic N) is 3. The Hall–Kier alpha value is -2.78. The number of benzene rings is 1. The summed E-state index contributed by atoms with van der Waals surface area (Å²) in [5.41, 5.74) is 0.605. The van der Waals surface area contributed by atoms with Crippen LogP contribution in [0.15, 0.2) is 53.5 Å². The molecule has 1 N–H and O–H groups in total. The molecule has 0 bridgehead atoms. The van der Waals surface area contributed by atoms with Crippen LogP contribution in [0, 0.1) is 0 Å². The number of carbonyl (C=O) groups is 1. The molecule has 28 heavy (non-hydrogen) atoms. The number of anilines is 1. The molecule has 0 radical (unpaired) electrons. The molecular weight excluding hydrogens is 396 g/mol. The van der Waals surface area contributed by atoms with Gasteiger partial charge in [-0.1, -0.05) is 23.9 Å². The third kappa shape index (κ3) is 4.73. The molecule has 2 heterocycles.